The van der Waals surface area contributed by atoms with Crippen molar-refractivity contribution in [3.63, 3.8) is 0 Å². The zero-order chi connectivity index (χ0) is 45.7. The lowest BCUT2D eigenvalue weighted by atomic mass is 9.52. The summed E-state index contributed by atoms with van der Waals surface area (Å²) in [6.45, 7) is 4.62. The Morgan fingerprint density at radius 3 is 1.58 bits per heavy atom. The number of allylic oxidation sites excluding steroid dienone is 5. The number of rotatable bonds is 4. The smallest absolute Gasteiger partial charge is 0.145 e. The van der Waals surface area contributed by atoms with Gasteiger partial charge in [-0.1, -0.05) is 231 Å². The van der Waals surface area contributed by atoms with E-state index >= 15 is 0 Å². The monoisotopic (exact) mass is 880 g/mol. The molecule has 2 spiro atoms. The predicted octanol–water partition coefficient (Wildman–Crippen LogP) is 15.0. The van der Waals surface area contributed by atoms with Crippen molar-refractivity contribution in [2.45, 2.75) is 17.0 Å². The topological polar surface area (TPSA) is 33.6 Å². The molecule has 1 atom stereocenters. The third-order valence-electron chi connectivity index (χ3n) is 15.2. The van der Waals surface area contributed by atoms with E-state index in [0.717, 1.165) is 61.7 Å². The minimum absolute atomic E-state index is 0.459. The van der Waals surface area contributed by atoms with Gasteiger partial charge in [0.2, 0.25) is 0 Å². The second-order valence-corrected chi connectivity index (χ2v) is 18.6. The SMILES string of the molecule is C=C1/C=C\C=C/Oc2c1ccc1c2C2(c3ccccc3C3(c4ccccc4-c4ccccc43)c3ccccc32)c2c-1cccc2C1N=C(c2ccccc2)C=C(c2ccc(-c3ccccc3)cc2)N1. The fourth-order valence-corrected chi connectivity index (χ4v) is 12.5. The molecule has 0 saturated carbocycles. The van der Waals surface area contributed by atoms with Crippen LogP contribution in [0.5, 0.6) is 5.75 Å². The van der Waals surface area contributed by atoms with Gasteiger partial charge in [-0.15, -0.1) is 0 Å². The lowest BCUT2D eigenvalue weighted by molar-refractivity contribution is 0.464. The molecule has 0 fully saturated rings. The first-order valence-electron chi connectivity index (χ1n) is 23.8. The molecule has 5 aliphatic rings. The zero-order valence-corrected chi connectivity index (χ0v) is 37.7. The Morgan fingerprint density at radius 2 is 0.928 bits per heavy atom. The number of benzene rings is 9. The van der Waals surface area contributed by atoms with Crippen molar-refractivity contribution < 1.29 is 4.74 Å². The number of ether oxygens (including phenoxy) is 1. The minimum atomic E-state index is -0.864. The van der Waals surface area contributed by atoms with E-state index in [4.69, 9.17) is 9.73 Å². The molecule has 1 N–H and O–H groups in total. The van der Waals surface area contributed by atoms with Gasteiger partial charge in [-0.05, 0) is 101 Å². The average Bonchev–Trinajstić information content (AvgIpc) is 3.89. The zero-order valence-electron chi connectivity index (χ0n) is 37.7. The van der Waals surface area contributed by atoms with Gasteiger partial charge < -0.3 is 10.1 Å². The average molecular weight is 881 g/mol. The Morgan fingerprint density at radius 1 is 0.420 bits per heavy atom. The lowest BCUT2D eigenvalue weighted by Crippen LogP contribution is -2.44. The van der Waals surface area contributed by atoms with Crippen LogP contribution in [0.2, 0.25) is 0 Å². The Balaban J connectivity index is 1.07. The minimum Gasteiger partial charge on any atom is -0.464 e. The number of nitrogens with zero attached hydrogens (tertiary/aromatic N) is 1. The number of nitrogens with one attached hydrogen (secondary N) is 1. The summed E-state index contributed by atoms with van der Waals surface area (Å²) in [6, 6.07) is 78.0. The maximum absolute atomic E-state index is 6.99. The third kappa shape index (κ3) is 5.47. The molecule has 3 heteroatoms. The van der Waals surface area contributed by atoms with Crippen LogP contribution in [-0.2, 0) is 10.8 Å². The van der Waals surface area contributed by atoms with Crippen LogP contribution in [0.4, 0.5) is 0 Å². The molecular weight excluding hydrogens is 837 g/mol. The highest BCUT2D eigenvalue weighted by atomic mass is 16.5. The van der Waals surface area contributed by atoms with Crippen LogP contribution in [0.3, 0.4) is 0 Å². The van der Waals surface area contributed by atoms with Crippen LogP contribution in [0.1, 0.15) is 72.9 Å². The van der Waals surface area contributed by atoms with Crippen molar-refractivity contribution in [3.8, 4) is 39.1 Å². The predicted molar refractivity (Wildman–Crippen MR) is 281 cm³/mol. The van der Waals surface area contributed by atoms with Gasteiger partial charge in [-0.25, -0.2) is 0 Å². The Labute approximate surface area is 402 Å². The summed E-state index contributed by atoms with van der Waals surface area (Å²) in [5.41, 5.74) is 22.7. The molecule has 2 aliphatic heterocycles. The lowest BCUT2D eigenvalue weighted by Gasteiger charge is -2.49. The molecule has 0 radical (unpaired) electrons. The number of fused-ring (bicyclic) bond motifs is 18. The summed E-state index contributed by atoms with van der Waals surface area (Å²) < 4.78 is 6.99. The van der Waals surface area contributed by atoms with Gasteiger partial charge in [-0.3, -0.25) is 4.99 Å². The molecule has 0 amide bonds. The van der Waals surface area contributed by atoms with Gasteiger partial charge >= 0.3 is 0 Å². The summed E-state index contributed by atoms with van der Waals surface area (Å²) >= 11 is 0. The van der Waals surface area contributed by atoms with E-state index in [2.05, 4.69) is 236 Å². The van der Waals surface area contributed by atoms with Gasteiger partial charge in [0.1, 0.15) is 11.9 Å². The van der Waals surface area contributed by atoms with Crippen molar-refractivity contribution in [3.05, 3.63) is 316 Å². The number of aliphatic imine (C=N–C) groups is 1. The summed E-state index contributed by atoms with van der Waals surface area (Å²) in [7, 11) is 0. The molecule has 9 aromatic rings. The van der Waals surface area contributed by atoms with Gasteiger partial charge in [0.15, 0.2) is 0 Å². The van der Waals surface area contributed by atoms with Crippen molar-refractivity contribution in [1.29, 1.82) is 0 Å². The summed E-state index contributed by atoms with van der Waals surface area (Å²) in [4.78, 5) is 5.71. The maximum Gasteiger partial charge on any atom is 0.145 e. The van der Waals surface area contributed by atoms with Crippen LogP contribution in [0.25, 0.3) is 44.7 Å². The van der Waals surface area contributed by atoms with Crippen LogP contribution in [0, 0.1) is 0 Å². The Hall–Kier alpha value is -8.79. The summed E-state index contributed by atoms with van der Waals surface area (Å²) in [5, 5.41) is 4.04. The van der Waals surface area contributed by atoms with Crippen molar-refractivity contribution in [2.24, 2.45) is 4.99 Å². The summed E-state index contributed by atoms with van der Waals surface area (Å²) in [6.07, 6.45) is 9.62. The van der Waals surface area contributed by atoms with Crippen molar-refractivity contribution >= 4 is 17.0 Å². The quantitative estimate of drug-likeness (QED) is 0.191. The van der Waals surface area contributed by atoms with Crippen molar-refractivity contribution in [1.82, 2.24) is 5.32 Å². The molecule has 3 nitrogen and oxygen atoms in total. The van der Waals surface area contributed by atoms with E-state index in [1.54, 1.807) is 0 Å². The van der Waals surface area contributed by atoms with Gasteiger partial charge in [0.05, 0.1) is 22.8 Å². The van der Waals surface area contributed by atoms with Gasteiger partial charge in [0, 0.05) is 22.4 Å². The summed E-state index contributed by atoms with van der Waals surface area (Å²) in [5.74, 6) is 0.817. The van der Waals surface area contributed by atoms with Crippen LogP contribution < -0.4 is 10.1 Å². The fourth-order valence-electron chi connectivity index (χ4n) is 12.5. The molecular formula is C66H44N2O. The first-order valence-corrected chi connectivity index (χ1v) is 23.8. The number of hydrogen-bond acceptors (Lipinski definition) is 3. The first-order chi connectivity index (χ1) is 34.2. The van der Waals surface area contributed by atoms with E-state index in [1.165, 1.54) is 61.2 Å². The van der Waals surface area contributed by atoms with E-state index in [1.807, 2.05) is 18.4 Å². The molecule has 1 unspecified atom stereocenters. The van der Waals surface area contributed by atoms with E-state index in [0.29, 0.717) is 0 Å². The molecule has 14 rings (SSSR count). The van der Waals surface area contributed by atoms with Crippen LogP contribution in [0.15, 0.2) is 254 Å². The fraction of sp³-hybridized carbons (Fsp3) is 0.0455. The van der Waals surface area contributed by atoms with E-state index < -0.39 is 17.0 Å². The second-order valence-electron chi connectivity index (χ2n) is 18.6. The highest BCUT2D eigenvalue weighted by Crippen LogP contribution is 2.69. The van der Waals surface area contributed by atoms with Gasteiger partial charge in [0.25, 0.3) is 0 Å². The van der Waals surface area contributed by atoms with Crippen LogP contribution in [-0.4, -0.2) is 5.71 Å². The molecule has 9 aromatic carbocycles. The largest absolute Gasteiger partial charge is 0.464 e. The second kappa shape index (κ2) is 15.1. The Bertz CT molecular complexity index is 3650. The highest BCUT2D eigenvalue weighted by molar-refractivity contribution is 6.13. The Kier molecular flexibility index (Phi) is 8.63. The van der Waals surface area contributed by atoms with E-state index in [9.17, 15) is 0 Å². The maximum atomic E-state index is 6.99. The van der Waals surface area contributed by atoms with Crippen molar-refractivity contribution in [2.75, 3.05) is 0 Å². The molecule has 3 aliphatic carbocycles. The third-order valence-corrected chi connectivity index (χ3v) is 15.2. The molecule has 324 valence electrons. The first kappa shape index (κ1) is 39.4. The standard InChI is InChI=1S/C66H44N2O/c1-42-19-16-17-40-69-63-47(42)38-39-51-50-26-18-27-52(64-67-59(45-22-6-3-7-23-45)41-60(68-64)46-36-34-44(35-37-46)43-20-4-2-5-21-43)61(50)66(62(51)63)57-32-14-12-30-55(57)65(56-31-13-15-33-58(56)66)53-28-10-8-24-48(53)49-25-9-11-29-54(49)65/h2-41,64,68H,1H2/b19-16-,40-17-. The molecule has 69 heavy (non-hydrogen) atoms. The van der Waals surface area contributed by atoms with Gasteiger partial charge in [-0.2, -0.15) is 0 Å². The normalized spacial score (nSPS) is 17.7. The molecule has 0 aromatic heterocycles. The molecule has 0 saturated heterocycles. The highest BCUT2D eigenvalue weighted by Gasteiger charge is 2.61. The molecule has 0 bridgehead atoms. The van der Waals surface area contributed by atoms with E-state index in [-0.39, 0.29) is 0 Å². The van der Waals surface area contributed by atoms with Crippen LogP contribution >= 0.6 is 0 Å². The molecule has 2 heterocycles. The number of hydrogen-bond donors (Lipinski definition) is 1.